The van der Waals surface area contributed by atoms with E-state index in [-0.39, 0.29) is 31.5 Å². The van der Waals surface area contributed by atoms with E-state index in [1.807, 2.05) is 0 Å². The minimum absolute atomic E-state index is 0.0924. The van der Waals surface area contributed by atoms with E-state index in [4.69, 9.17) is 14.6 Å². The Morgan fingerprint density at radius 1 is 1.33 bits per heavy atom. The summed E-state index contributed by atoms with van der Waals surface area (Å²) < 4.78 is 10.5. The number of hydrogen-bond donors (Lipinski definition) is 3. The Morgan fingerprint density at radius 2 is 2.10 bits per heavy atom. The van der Waals surface area contributed by atoms with Gasteiger partial charge in [-0.1, -0.05) is 6.07 Å². The lowest BCUT2D eigenvalue weighted by Crippen LogP contribution is -2.35. The van der Waals surface area contributed by atoms with Gasteiger partial charge in [-0.25, -0.2) is 0 Å². The van der Waals surface area contributed by atoms with Crippen molar-refractivity contribution in [1.29, 1.82) is 0 Å². The quantitative estimate of drug-likeness (QED) is 0.664. The number of ether oxygens (including phenoxy) is 2. The van der Waals surface area contributed by atoms with Crippen LogP contribution in [0.2, 0.25) is 0 Å². The molecule has 0 unspecified atom stereocenters. The zero-order valence-corrected chi connectivity index (χ0v) is 11.5. The number of nitrogens with one attached hydrogen (secondary N) is 2. The molecule has 0 spiro atoms. The van der Waals surface area contributed by atoms with E-state index in [0.29, 0.717) is 17.1 Å². The average molecular weight is 292 g/mol. The molecule has 3 N–H and O–H groups in total. The zero-order valence-electron chi connectivity index (χ0n) is 11.5. The maximum atomic E-state index is 11.9. The molecule has 1 aromatic carbocycles. The van der Waals surface area contributed by atoms with Crippen molar-refractivity contribution in [2.45, 2.75) is 6.92 Å². The summed E-state index contributed by atoms with van der Waals surface area (Å²) >= 11 is 0. The summed E-state index contributed by atoms with van der Waals surface area (Å²) in [5.74, 6) is 0.387. The van der Waals surface area contributed by atoms with E-state index in [1.165, 1.54) is 13.0 Å². The van der Waals surface area contributed by atoms with Crippen LogP contribution in [-0.2, 0) is 9.59 Å². The highest BCUT2D eigenvalue weighted by Gasteiger charge is 2.14. The van der Waals surface area contributed by atoms with Crippen LogP contribution in [0.1, 0.15) is 12.5 Å². The molecule has 0 saturated carbocycles. The lowest BCUT2D eigenvalue weighted by Gasteiger charge is -2.09. The van der Waals surface area contributed by atoms with Crippen LogP contribution >= 0.6 is 0 Å². The van der Waals surface area contributed by atoms with E-state index >= 15 is 0 Å². The number of carbonyl (C=O) groups excluding carboxylic acids is 2. The Hall–Kier alpha value is -2.54. The SMILES string of the molecule is CC(=O)NC(=Cc1ccc2c(c1)OCO2)C(=O)NCCO. The summed E-state index contributed by atoms with van der Waals surface area (Å²) in [6, 6.07) is 5.18. The first kappa shape index (κ1) is 14.9. The van der Waals surface area contributed by atoms with Crippen molar-refractivity contribution in [2.24, 2.45) is 0 Å². The van der Waals surface area contributed by atoms with Crippen molar-refractivity contribution >= 4 is 17.9 Å². The Kier molecular flexibility index (Phi) is 4.78. The number of aliphatic hydroxyl groups excluding tert-OH is 1. The second kappa shape index (κ2) is 6.76. The van der Waals surface area contributed by atoms with Gasteiger partial charge in [-0.15, -0.1) is 0 Å². The fraction of sp³-hybridized carbons (Fsp3) is 0.286. The fourth-order valence-electron chi connectivity index (χ4n) is 1.78. The normalized spacial score (nSPS) is 13.0. The van der Waals surface area contributed by atoms with E-state index in [9.17, 15) is 9.59 Å². The minimum Gasteiger partial charge on any atom is -0.454 e. The van der Waals surface area contributed by atoms with Gasteiger partial charge < -0.3 is 25.2 Å². The van der Waals surface area contributed by atoms with Crippen molar-refractivity contribution in [3.05, 3.63) is 29.5 Å². The summed E-state index contributed by atoms with van der Waals surface area (Å²) in [7, 11) is 0. The van der Waals surface area contributed by atoms with Crippen LogP contribution in [0.25, 0.3) is 6.08 Å². The van der Waals surface area contributed by atoms with Crippen molar-refractivity contribution in [2.75, 3.05) is 19.9 Å². The number of rotatable bonds is 5. The summed E-state index contributed by atoms with van der Waals surface area (Å²) in [6.45, 7) is 1.41. The Morgan fingerprint density at radius 3 is 2.81 bits per heavy atom. The highest BCUT2D eigenvalue weighted by atomic mass is 16.7. The lowest BCUT2D eigenvalue weighted by atomic mass is 10.1. The topological polar surface area (TPSA) is 96.9 Å². The molecule has 2 rings (SSSR count). The van der Waals surface area contributed by atoms with E-state index in [1.54, 1.807) is 18.2 Å². The van der Waals surface area contributed by atoms with Gasteiger partial charge in [-0.05, 0) is 23.8 Å². The largest absolute Gasteiger partial charge is 0.454 e. The van der Waals surface area contributed by atoms with Gasteiger partial charge in [0.2, 0.25) is 12.7 Å². The van der Waals surface area contributed by atoms with Crippen LogP contribution in [0.5, 0.6) is 11.5 Å². The molecule has 1 heterocycles. The van der Waals surface area contributed by atoms with Gasteiger partial charge in [-0.3, -0.25) is 9.59 Å². The minimum atomic E-state index is -0.475. The fourth-order valence-corrected chi connectivity index (χ4v) is 1.78. The number of aliphatic hydroxyl groups is 1. The molecule has 7 nitrogen and oxygen atoms in total. The van der Waals surface area contributed by atoms with Gasteiger partial charge in [-0.2, -0.15) is 0 Å². The second-order valence-electron chi connectivity index (χ2n) is 4.33. The number of hydrogen-bond acceptors (Lipinski definition) is 5. The molecule has 112 valence electrons. The standard InChI is InChI=1S/C14H16N2O5/c1-9(18)16-11(14(19)15-4-5-17)6-10-2-3-12-13(7-10)21-8-20-12/h2-3,6-7,17H,4-5,8H2,1H3,(H,15,19)(H,16,18). The molecule has 1 aliphatic rings. The molecule has 2 amide bonds. The van der Waals surface area contributed by atoms with Crippen LogP contribution in [-0.4, -0.2) is 36.9 Å². The molecule has 0 atom stereocenters. The lowest BCUT2D eigenvalue weighted by molar-refractivity contribution is -0.122. The third-order valence-electron chi connectivity index (χ3n) is 2.66. The maximum absolute atomic E-state index is 11.9. The number of carbonyl (C=O) groups is 2. The molecule has 0 aliphatic carbocycles. The Balaban J connectivity index is 2.22. The summed E-state index contributed by atoms with van der Waals surface area (Å²) in [5, 5.41) is 13.7. The molecule has 0 radical (unpaired) electrons. The molecule has 21 heavy (non-hydrogen) atoms. The molecule has 0 fully saturated rings. The van der Waals surface area contributed by atoms with Crippen molar-refractivity contribution in [3.8, 4) is 11.5 Å². The molecule has 0 aromatic heterocycles. The van der Waals surface area contributed by atoms with E-state index in [0.717, 1.165) is 0 Å². The van der Waals surface area contributed by atoms with E-state index < -0.39 is 5.91 Å². The summed E-state index contributed by atoms with van der Waals surface area (Å²) in [4.78, 5) is 23.1. The average Bonchev–Trinajstić information content (AvgIpc) is 2.91. The van der Waals surface area contributed by atoms with Crippen molar-refractivity contribution in [1.82, 2.24) is 10.6 Å². The third-order valence-corrected chi connectivity index (χ3v) is 2.66. The first-order chi connectivity index (χ1) is 10.1. The van der Waals surface area contributed by atoms with Gasteiger partial charge in [0, 0.05) is 13.5 Å². The predicted molar refractivity (Wildman–Crippen MR) is 74.5 cm³/mol. The Labute approximate surface area is 121 Å². The number of fused-ring (bicyclic) bond motifs is 1. The molecular formula is C14H16N2O5. The smallest absolute Gasteiger partial charge is 0.267 e. The summed E-state index contributed by atoms with van der Waals surface area (Å²) in [5.41, 5.74) is 0.775. The number of benzene rings is 1. The monoisotopic (exact) mass is 292 g/mol. The second-order valence-corrected chi connectivity index (χ2v) is 4.33. The molecule has 7 heteroatoms. The van der Waals surface area contributed by atoms with Crippen LogP contribution in [0.3, 0.4) is 0 Å². The van der Waals surface area contributed by atoms with Gasteiger partial charge in [0.15, 0.2) is 11.5 Å². The van der Waals surface area contributed by atoms with Crippen LogP contribution < -0.4 is 20.1 Å². The maximum Gasteiger partial charge on any atom is 0.267 e. The molecular weight excluding hydrogens is 276 g/mol. The highest BCUT2D eigenvalue weighted by molar-refractivity contribution is 6.00. The van der Waals surface area contributed by atoms with Gasteiger partial charge >= 0.3 is 0 Å². The van der Waals surface area contributed by atoms with Crippen LogP contribution in [0.4, 0.5) is 0 Å². The Bertz CT molecular complexity index is 583. The first-order valence-corrected chi connectivity index (χ1v) is 6.38. The predicted octanol–water partition coefficient (Wildman–Crippen LogP) is 0.000800. The molecule has 0 bridgehead atoms. The molecule has 1 aromatic rings. The van der Waals surface area contributed by atoms with Crippen molar-refractivity contribution in [3.63, 3.8) is 0 Å². The van der Waals surface area contributed by atoms with Gasteiger partial charge in [0.1, 0.15) is 5.70 Å². The van der Waals surface area contributed by atoms with Crippen LogP contribution in [0, 0.1) is 0 Å². The third kappa shape index (κ3) is 3.96. The van der Waals surface area contributed by atoms with Gasteiger partial charge in [0.25, 0.3) is 5.91 Å². The summed E-state index contributed by atoms with van der Waals surface area (Å²) in [6.07, 6.45) is 1.52. The molecule has 1 aliphatic heterocycles. The zero-order chi connectivity index (χ0) is 15.2. The van der Waals surface area contributed by atoms with Crippen LogP contribution in [0.15, 0.2) is 23.9 Å². The van der Waals surface area contributed by atoms with Crippen molar-refractivity contribution < 1.29 is 24.2 Å². The number of amides is 2. The van der Waals surface area contributed by atoms with Gasteiger partial charge in [0.05, 0.1) is 6.61 Å². The highest BCUT2D eigenvalue weighted by Crippen LogP contribution is 2.32. The van der Waals surface area contributed by atoms with E-state index in [2.05, 4.69) is 10.6 Å². The molecule has 0 saturated heterocycles. The first-order valence-electron chi connectivity index (χ1n) is 6.38.